The lowest BCUT2D eigenvalue weighted by molar-refractivity contribution is 0.824. The van der Waals surface area contributed by atoms with Crippen LogP contribution < -0.4 is 11.7 Å². The zero-order valence-electron chi connectivity index (χ0n) is 10.2. The van der Waals surface area contributed by atoms with E-state index >= 15 is 0 Å². The van der Waals surface area contributed by atoms with Crippen LogP contribution in [0.5, 0.6) is 0 Å². The highest BCUT2D eigenvalue weighted by atomic mass is 16.0. The van der Waals surface area contributed by atoms with Crippen molar-refractivity contribution in [2.75, 3.05) is 0 Å². The normalized spacial score (nSPS) is 9.68. The zero-order valence-corrected chi connectivity index (χ0v) is 10.2. The van der Waals surface area contributed by atoms with E-state index in [0.717, 1.165) is 11.1 Å². The first-order chi connectivity index (χ1) is 8.86. The Morgan fingerprint density at radius 3 is 1.53 bits per heavy atom. The quantitative estimate of drug-likeness (QED) is 0.443. The van der Waals surface area contributed by atoms with Crippen LogP contribution >= 0.6 is 0 Å². The smallest absolute Gasteiger partial charge is 0.0553 e. The number of hydrazone groups is 2. The summed E-state index contributed by atoms with van der Waals surface area (Å²) in [4.78, 5) is 7.71. The molecular weight excluding hydrogens is 244 g/mol. The molecule has 0 aliphatic heterocycles. The zero-order chi connectivity index (χ0) is 13.1. The van der Waals surface area contributed by atoms with Crippen LogP contribution in [0, 0.1) is 0 Å². The van der Waals surface area contributed by atoms with Gasteiger partial charge < -0.3 is 17.2 Å². The molecule has 0 amide bonds. The van der Waals surface area contributed by atoms with E-state index in [1.165, 1.54) is 0 Å². The second kappa shape index (κ2) is 10.4. The molecule has 0 aliphatic rings. The first kappa shape index (κ1) is 16.2. The molecule has 100 valence electrons. The van der Waals surface area contributed by atoms with Gasteiger partial charge in [0.15, 0.2) is 0 Å². The molecule has 2 rings (SSSR count). The Labute approximate surface area is 111 Å². The highest BCUT2D eigenvalue weighted by molar-refractivity contribution is 5.78. The van der Waals surface area contributed by atoms with Crippen molar-refractivity contribution in [1.82, 2.24) is 9.97 Å². The second-order valence-electron chi connectivity index (χ2n) is 3.13. The summed E-state index contributed by atoms with van der Waals surface area (Å²) in [7, 11) is 0. The van der Waals surface area contributed by atoms with Gasteiger partial charge in [0.05, 0.1) is 12.4 Å². The largest absolute Gasteiger partial charge is 0.412 e. The van der Waals surface area contributed by atoms with Crippen LogP contribution in [0.3, 0.4) is 0 Å². The van der Waals surface area contributed by atoms with Crippen molar-refractivity contribution in [3.63, 3.8) is 0 Å². The molecule has 0 aromatic carbocycles. The van der Waals surface area contributed by atoms with Crippen LogP contribution in [0.4, 0.5) is 0 Å². The van der Waals surface area contributed by atoms with Gasteiger partial charge in [-0.1, -0.05) is 12.1 Å². The van der Waals surface area contributed by atoms with Gasteiger partial charge in [-0.15, -0.1) is 0 Å². The molecule has 2 aromatic heterocycles. The maximum absolute atomic E-state index is 4.90. The average molecular weight is 260 g/mol. The minimum absolute atomic E-state index is 0. The summed E-state index contributed by atoms with van der Waals surface area (Å²) in [5.74, 6) is 9.80. The second-order valence-corrected chi connectivity index (χ2v) is 3.13. The molecule has 7 heteroatoms. The van der Waals surface area contributed by atoms with E-state index in [1.54, 1.807) is 37.2 Å². The molecule has 2 aromatic rings. The van der Waals surface area contributed by atoms with Gasteiger partial charge in [0, 0.05) is 35.9 Å². The van der Waals surface area contributed by atoms with Crippen molar-refractivity contribution < 1.29 is 5.48 Å². The summed E-state index contributed by atoms with van der Waals surface area (Å²) < 4.78 is 0. The summed E-state index contributed by atoms with van der Waals surface area (Å²) in [5.41, 5.74) is 1.83. The maximum atomic E-state index is 4.90. The van der Waals surface area contributed by atoms with E-state index in [2.05, 4.69) is 20.2 Å². The fourth-order valence-corrected chi connectivity index (χ4v) is 1.08. The topological polar surface area (TPSA) is 134 Å². The van der Waals surface area contributed by atoms with Crippen LogP contribution in [-0.2, 0) is 0 Å². The number of rotatable bonds is 2. The van der Waals surface area contributed by atoms with Crippen molar-refractivity contribution in [1.29, 1.82) is 0 Å². The van der Waals surface area contributed by atoms with E-state index in [1.807, 2.05) is 24.3 Å². The van der Waals surface area contributed by atoms with Crippen LogP contribution in [0.15, 0.2) is 59.3 Å². The van der Waals surface area contributed by atoms with Crippen molar-refractivity contribution in [2.24, 2.45) is 21.9 Å². The summed E-state index contributed by atoms with van der Waals surface area (Å²) >= 11 is 0. The number of pyridine rings is 2. The predicted molar refractivity (Wildman–Crippen MR) is 75.7 cm³/mol. The van der Waals surface area contributed by atoms with Crippen LogP contribution in [-0.4, -0.2) is 27.9 Å². The molecular formula is C12H16N6O. The Balaban J connectivity index is 0.000000324. The molecule has 0 unspecified atom stereocenters. The van der Waals surface area contributed by atoms with Gasteiger partial charge in [-0.25, -0.2) is 0 Å². The highest BCUT2D eigenvalue weighted by Gasteiger charge is 1.81. The third kappa shape index (κ3) is 7.18. The van der Waals surface area contributed by atoms with Gasteiger partial charge in [-0.3, -0.25) is 9.97 Å². The van der Waals surface area contributed by atoms with Crippen molar-refractivity contribution in [3.05, 3.63) is 60.2 Å². The van der Waals surface area contributed by atoms with Gasteiger partial charge in [-0.05, 0) is 12.1 Å². The van der Waals surface area contributed by atoms with Crippen LogP contribution in [0.25, 0.3) is 0 Å². The van der Waals surface area contributed by atoms with Crippen molar-refractivity contribution in [2.45, 2.75) is 0 Å². The van der Waals surface area contributed by atoms with Crippen molar-refractivity contribution >= 4 is 12.4 Å². The molecule has 0 radical (unpaired) electrons. The molecule has 0 saturated carbocycles. The van der Waals surface area contributed by atoms with Crippen molar-refractivity contribution in [3.8, 4) is 0 Å². The van der Waals surface area contributed by atoms with Gasteiger partial charge in [-0.2, -0.15) is 10.2 Å². The van der Waals surface area contributed by atoms with Gasteiger partial charge in [0.2, 0.25) is 0 Å². The SMILES string of the molecule is N/N=C/c1cccnc1.N/N=C/c1cccnc1.O. The van der Waals surface area contributed by atoms with E-state index in [-0.39, 0.29) is 5.48 Å². The Hall–Kier alpha value is -2.80. The molecule has 6 N–H and O–H groups in total. The maximum Gasteiger partial charge on any atom is 0.0553 e. The number of hydrogen-bond donors (Lipinski definition) is 2. The molecule has 0 aliphatic carbocycles. The lowest BCUT2D eigenvalue weighted by Gasteiger charge is -1.85. The first-order valence-electron chi connectivity index (χ1n) is 5.13. The third-order valence-corrected chi connectivity index (χ3v) is 1.82. The Kier molecular flexibility index (Phi) is 8.83. The molecule has 2 heterocycles. The fourth-order valence-electron chi connectivity index (χ4n) is 1.08. The standard InChI is InChI=1S/2C6H7N3.H2O/c2*7-9-5-6-2-1-3-8-4-6;/h2*1-5H,7H2;1H2/b2*9-5+;. The molecule has 7 nitrogen and oxygen atoms in total. The summed E-state index contributed by atoms with van der Waals surface area (Å²) in [6.45, 7) is 0. The predicted octanol–water partition coefficient (Wildman–Crippen LogP) is -0.0763. The molecule has 0 fully saturated rings. The molecule has 0 spiro atoms. The van der Waals surface area contributed by atoms with Crippen LogP contribution in [0.2, 0.25) is 0 Å². The number of aromatic nitrogens is 2. The Bertz CT molecular complexity index is 439. The lowest BCUT2D eigenvalue weighted by atomic mass is 10.3. The minimum atomic E-state index is 0. The lowest BCUT2D eigenvalue weighted by Crippen LogP contribution is -1.85. The van der Waals surface area contributed by atoms with Gasteiger partial charge in [0.1, 0.15) is 0 Å². The molecule has 0 bridgehead atoms. The summed E-state index contributed by atoms with van der Waals surface area (Å²) in [6, 6.07) is 7.42. The summed E-state index contributed by atoms with van der Waals surface area (Å²) in [5, 5.41) is 6.68. The van der Waals surface area contributed by atoms with E-state index in [4.69, 9.17) is 11.7 Å². The average Bonchev–Trinajstić information content (AvgIpc) is 2.43. The molecule has 0 saturated heterocycles. The van der Waals surface area contributed by atoms with Gasteiger partial charge >= 0.3 is 0 Å². The number of hydrogen-bond acceptors (Lipinski definition) is 6. The monoisotopic (exact) mass is 260 g/mol. The van der Waals surface area contributed by atoms with E-state index < -0.39 is 0 Å². The van der Waals surface area contributed by atoms with E-state index in [0.29, 0.717) is 0 Å². The first-order valence-corrected chi connectivity index (χ1v) is 5.13. The Morgan fingerprint density at radius 1 is 0.842 bits per heavy atom. The summed E-state index contributed by atoms with van der Waals surface area (Å²) in [6.07, 6.45) is 9.88. The molecule has 19 heavy (non-hydrogen) atoms. The number of nitrogens with two attached hydrogens (primary N) is 2. The highest BCUT2D eigenvalue weighted by Crippen LogP contribution is 1.89. The Morgan fingerprint density at radius 2 is 1.26 bits per heavy atom. The minimum Gasteiger partial charge on any atom is -0.412 e. The molecule has 0 atom stereocenters. The number of nitrogens with zero attached hydrogens (tertiary/aromatic N) is 4. The third-order valence-electron chi connectivity index (χ3n) is 1.82. The fraction of sp³-hybridized carbons (Fsp3) is 0. The van der Waals surface area contributed by atoms with Gasteiger partial charge in [0.25, 0.3) is 0 Å². The van der Waals surface area contributed by atoms with Crippen LogP contribution in [0.1, 0.15) is 11.1 Å². The van der Waals surface area contributed by atoms with E-state index in [9.17, 15) is 0 Å².